The van der Waals surface area contributed by atoms with Gasteiger partial charge in [-0.25, -0.2) is 4.98 Å². The van der Waals surface area contributed by atoms with Gasteiger partial charge in [-0.3, -0.25) is 0 Å². The number of halogens is 2. The second-order valence-electron chi connectivity index (χ2n) is 4.63. The van der Waals surface area contributed by atoms with Crippen molar-refractivity contribution in [1.82, 2.24) is 9.55 Å². The van der Waals surface area contributed by atoms with Gasteiger partial charge in [-0.1, -0.05) is 15.9 Å². The molecule has 0 N–H and O–H groups in total. The lowest BCUT2D eigenvalue weighted by atomic mass is 10.1. The van der Waals surface area contributed by atoms with Gasteiger partial charge >= 0.3 is 0 Å². The smallest absolute Gasteiger partial charge is 0.124 e. The Bertz CT molecular complexity index is 563. The van der Waals surface area contributed by atoms with Crippen LogP contribution in [0.4, 0.5) is 0 Å². The first-order chi connectivity index (χ1) is 8.78. The summed E-state index contributed by atoms with van der Waals surface area (Å²) in [5, 5.41) is 0. The summed E-state index contributed by atoms with van der Waals surface area (Å²) in [4.78, 5) is 4.58. The minimum atomic E-state index is 0.444. The Morgan fingerprint density at radius 2 is 2.39 bits per heavy atom. The summed E-state index contributed by atoms with van der Waals surface area (Å²) < 4.78 is 8.74. The normalized spacial score (nSPS) is 19.8. The van der Waals surface area contributed by atoms with Gasteiger partial charge in [0.25, 0.3) is 0 Å². The topological polar surface area (TPSA) is 27.1 Å². The molecule has 0 radical (unpaired) electrons. The maximum Gasteiger partial charge on any atom is 0.124 e. The largest absolute Gasteiger partial charge is 0.381 e. The Kier molecular flexibility index (Phi) is 3.59. The van der Waals surface area contributed by atoms with Crippen LogP contribution < -0.4 is 0 Å². The van der Waals surface area contributed by atoms with E-state index in [1.807, 2.05) is 12.1 Å². The molecule has 1 fully saturated rings. The van der Waals surface area contributed by atoms with Crippen LogP contribution in [0, 0.1) is 5.92 Å². The molecule has 3 rings (SSSR count). The highest BCUT2D eigenvalue weighted by Crippen LogP contribution is 2.25. The Labute approximate surface area is 119 Å². The van der Waals surface area contributed by atoms with E-state index < -0.39 is 0 Å². The SMILES string of the molecule is ClCc1nc2ccc(Br)cc2n1CC1CCOC1. The second kappa shape index (κ2) is 5.19. The summed E-state index contributed by atoms with van der Waals surface area (Å²) in [6.07, 6.45) is 1.12. The molecule has 0 bridgehead atoms. The average Bonchev–Trinajstić information content (AvgIpc) is 2.98. The molecule has 3 nitrogen and oxygen atoms in total. The van der Waals surface area contributed by atoms with Crippen LogP contribution in [0.3, 0.4) is 0 Å². The lowest BCUT2D eigenvalue weighted by Gasteiger charge is -2.12. The first-order valence-corrected chi connectivity index (χ1v) is 7.39. The van der Waals surface area contributed by atoms with E-state index in [2.05, 4.69) is 31.5 Å². The summed E-state index contributed by atoms with van der Waals surface area (Å²) in [6.45, 7) is 2.65. The molecular weight excluding hydrogens is 316 g/mol. The van der Waals surface area contributed by atoms with E-state index in [1.54, 1.807) is 0 Å². The maximum absolute atomic E-state index is 6.00. The van der Waals surface area contributed by atoms with E-state index in [-0.39, 0.29) is 0 Å². The number of benzene rings is 1. The maximum atomic E-state index is 6.00. The van der Waals surface area contributed by atoms with Crippen molar-refractivity contribution in [3.8, 4) is 0 Å². The Balaban J connectivity index is 2.03. The fourth-order valence-corrected chi connectivity index (χ4v) is 2.99. The van der Waals surface area contributed by atoms with Gasteiger partial charge in [0.15, 0.2) is 0 Å². The van der Waals surface area contributed by atoms with Crippen LogP contribution >= 0.6 is 27.5 Å². The van der Waals surface area contributed by atoms with Crippen molar-refractivity contribution in [2.45, 2.75) is 18.8 Å². The van der Waals surface area contributed by atoms with Crippen molar-refractivity contribution in [2.24, 2.45) is 5.92 Å². The molecule has 0 aliphatic carbocycles. The van der Waals surface area contributed by atoms with Gasteiger partial charge in [-0.15, -0.1) is 11.6 Å². The van der Waals surface area contributed by atoms with Gasteiger partial charge in [0.1, 0.15) is 5.82 Å². The third-order valence-corrected chi connectivity index (χ3v) is 4.11. The van der Waals surface area contributed by atoms with E-state index in [0.29, 0.717) is 11.8 Å². The highest BCUT2D eigenvalue weighted by molar-refractivity contribution is 9.10. The van der Waals surface area contributed by atoms with Crippen LogP contribution in [0.2, 0.25) is 0 Å². The molecule has 2 aromatic rings. The number of nitrogens with zero attached hydrogens (tertiary/aromatic N) is 2. The lowest BCUT2D eigenvalue weighted by Crippen LogP contribution is -2.12. The number of alkyl halides is 1. The zero-order valence-electron chi connectivity index (χ0n) is 9.90. The fraction of sp³-hybridized carbons (Fsp3) is 0.462. The predicted octanol–water partition coefficient (Wildman–Crippen LogP) is 3.57. The molecule has 1 aliphatic rings. The molecule has 2 heterocycles. The second-order valence-corrected chi connectivity index (χ2v) is 5.82. The lowest BCUT2D eigenvalue weighted by molar-refractivity contribution is 0.182. The number of hydrogen-bond acceptors (Lipinski definition) is 2. The third kappa shape index (κ3) is 2.29. The van der Waals surface area contributed by atoms with Gasteiger partial charge in [-0.2, -0.15) is 0 Å². The zero-order valence-corrected chi connectivity index (χ0v) is 12.2. The van der Waals surface area contributed by atoms with E-state index in [0.717, 1.165) is 47.5 Å². The van der Waals surface area contributed by atoms with Crippen molar-refractivity contribution < 1.29 is 4.74 Å². The number of rotatable bonds is 3. The van der Waals surface area contributed by atoms with Crippen LogP contribution in [-0.2, 0) is 17.2 Å². The minimum Gasteiger partial charge on any atom is -0.381 e. The van der Waals surface area contributed by atoms with Crippen molar-refractivity contribution in [2.75, 3.05) is 13.2 Å². The third-order valence-electron chi connectivity index (χ3n) is 3.37. The average molecular weight is 330 g/mol. The summed E-state index contributed by atoms with van der Waals surface area (Å²) >= 11 is 9.51. The molecule has 96 valence electrons. The number of aromatic nitrogens is 2. The van der Waals surface area contributed by atoms with Crippen molar-refractivity contribution in [3.63, 3.8) is 0 Å². The van der Waals surface area contributed by atoms with Crippen LogP contribution in [0.1, 0.15) is 12.2 Å². The molecule has 1 saturated heterocycles. The van der Waals surface area contributed by atoms with E-state index >= 15 is 0 Å². The van der Waals surface area contributed by atoms with Gasteiger partial charge in [0, 0.05) is 23.5 Å². The van der Waals surface area contributed by atoms with Crippen LogP contribution in [-0.4, -0.2) is 22.8 Å². The first-order valence-electron chi connectivity index (χ1n) is 6.06. The van der Waals surface area contributed by atoms with Crippen molar-refractivity contribution in [1.29, 1.82) is 0 Å². The Morgan fingerprint density at radius 3 is 3.11 bits per heavy atom. The highest BCUT2D eigenvalue weighted by Gasteiger charge is 2.19. The Hall–Kier alpha value is -0.580. The monoisotopic (exact) mass is 328 g/mol. The van der Waals surface area contributed by atoms with Crippen LogP contribution in [0.5, 0.6) is 0 Å². The van der Waals surface area contributed by atoms with E-state index in [4.69, 9.17) is 16.3 Å². The van der Waals surface area contributed by atoms with Crippen molar-refractivity contribution in [3.05, 3.63) is 28.5 Å². The van der Waals surface area contributed by atoms with Gasteiger partial charge in [-0.05, 0) is 24.6 Å². The standard InChI is InChI=1S/C13H14BrClN2O/c14-10-1-2-11-12(5-10)17(13(6-15)16-11)7-9-3-4-18-8-9/h1-2,5,9H,3-4,6-8H2. The minimum absolute atomic E-state index is 0.444. The molecule has 1 unspecified atom stereocenters. The zero-order chi connectivity index (χ0) is 12.5. The number of fused-ring (bicyclic) bond motifs is 1. The molecule has 1 atom stereocenters. The fourth-order valence-electron chi connectivity index (χ4n) is 2.44. The molecule has 0 saturated carbocycles. The first kappa shape index (κ1) is 12.5. The molecule has 18 heavy (non-hydrogen) atoms. The summed E-state index contributed by atoms with van der Waals surface area (Å²) in [7, 11) is 0. The quantitative estimate of drug-likeness (QED) is 0.805. The summed E-state index contributed by atoms with van der Waals surface area (Å²) in [5.41, 5.74) is 2.15. The molecule has 1 aromatic carbocycles. The highest BCUT2D eigenvalue weighted by atomic mass is 79.9. The van der Waals surface area contributed by atoms with Crippen molar-refractivity contribution >= 4 is 38.6 Å². The molecular formula is C13H14BrClN2O. The molecule has 0 spiro atoms. The molecule has 0 amide bonds. The number of hydrogen-bond donors (Lipinski definition) is 0. The predicted molar refractivity (Wildman–Crippen MR) is 75.9 cm³/mol. The summed E-state index contributed by atoms with van der Waals surface area (Å²) in [6, 6.07) is 6.14. The molecule has 1 aliphatic heterocycles. The van der Waals surface area contributed by atoms with Gasteiger partial charge < -0.3 is 9.30 Å². The Morgan fingerprint density at radius 1 is 1.50 bits per heavy atom. The van der Waals surface area contributed by atoms with E-state index in [1.165, 1.54) is 0 Å². The van der Waals surface area contributed by atoms with Gasteiger partial charge in [0.05, 0.1) is 23.5 Å². The van der Waals surface area contributed by atoms with Crippen LogP contribution in [0.15, 0.2) is 22.7 Å². The van der Waals surface area contributed by atoms with Gasteiger partial charge in [0.2, 0.25) is 0 Å². The number of ether oxygens (including phenoxy) is 1. The summed E-state index contributed by atoms with van der Waals surface area (Å²) in [5.74, 6) is 1.96. The van der Waals surface area contributed by atoms with Crippen LogP contribution in [0.25, 0.3) is 11.0 Å². The molecule has 5 heteroatoms. The number of imidazole rings is 1. The van der Waals surface area contributed by atoms with E-state index in [9.17, 15) is 0 Å². The molecule has 1 aromatic heterocycles.